The first kappa shape index (κ1) is 22.2. The Kier molecular flexibility index (Phi) is 7.77. The maximum atomic E-state index is 12.3. The van der Waals surface area contributed by atoms with E-state index in [9.17, 15) is 4.79 Å². The van der Waals surface area contributed by atoms with Gasteiger partial charge in [-0.05, 0) is 55.7 Å². The van der Waals surface area contributed by atoms with Gasteiger partial charge in [0.25, 0.3) is 0 Å². The summed E-state index contributed by atoms with van der Waals surface area (Å²) < 4.78 is 13.4. The summed E-state index contributed by atoms with van der Waals surface area (Å²) in [5.74, 6) is 1.46. The van der Waals surface area contributed by atoms with Crippen LogP contribution in [0.3, 0.4) is 0 Å². The molecule has 0 atom stereocenters. The number of hydrogen-bond donors (Lipinski definition) is 0. The molecule has 3 rings (SSSR count). The number of nitrogens with zero attached hydrogens (tertiary/aromatic N) is 3. The molecule has 0 radical (unpaired) electrons. The minimum Gasteiger partial charge on any atom is -0.490 e. The standard InChI is InChI=1S/C24H35N3O3/c1-18(2)14-15-26(3)24(28)29-17-23-22(16-25-27(23)4)19-10-12-21(13-11-19)30-20-8-6-5-7-9-20/h10-13,16,18,20H,5-9,14-15,17H2,1-4H3. The molecule has 30 heavy (non-hydrogen) atoms. The molecule has 0 saturated heterocycles. The number of aryl methyl sites for hydroxylation is 1. The Labute approximate surface area is 180 Å². The highest BCUT2D eigenvalue weighted by atomic mass is 16.6. The van der Waals surface area contributed by atoms with Crippen molar-refractivity contribution in [3.05, 3.63) is 36.2 Å². The number of carbonyl (C=O) groups is 1. The first-order valence-electron chi connectivity index (χ1n) is 11.1. The van der Waals surface area contributed by atoms with Crippen LogP contribution in [0.5, 0.6) is 5.75 Å². The molecule has 1 aromatic heterocycles. The number of hydrogen-bond acceptors (Lipinski definition) is 4. The molecule has 0 aliphatic heterocycles. The van der Waals surface area contributed by atoms with Crippen LogP contribution in [0.4, 0.5) is 4.79 Å². The van der Waals surface area contributed by atoms with Gasteiger partial charge in [-0.2, -0.15) is 5.10 Å². The quantitative estimate of drug-likeness (QED) is 0.580. The normalized spacial score (nSPS) is 14.7. The summed E-state index contributed by atoms with van der Waals surface area (Å²) in [6.45, 7) is 5.17. The van der Waals surface area contributed by atoms with Crippen LogP contribution in [0, 0.1) is 5.92 Å². The van der Waals surface area contributed by atoms with Gasteiger partial charge in [0.15, 0.2) is 0 Å². The van der Waals surface area contributed by atoms with Crippen LogP contribution in [0.1, 0.15) is 58.1 Å². The predicted octanol–water partition coefficient (Wildman–Crippen LogP) is 5.41. The summed E-state index contributed by atoms with van der Waals surface area (Å²) in [5.41, 5.74) is 2.89. The van der Waals surface area contributed by atoms with E-state index in [4.69, 9.17) is 9.47 Å². The molecule has 6 heteroatoms. The minimum atomic E-state index is -0.306. The molecule has 0 spiro atoms. The Hall–Kier alpha value is -2.50. The maximum Gasteiger partial charge on any atom is 0.409 e. The van der Waals surface area contributed by atoms with Crippen molar-refractivity contribution in [2.45, 2.75) is 65.1 Å². The van der Waals surface area contributed by atoms with Gasteiger partial charge in [0.05, 0.1) is 18.0 Å². The van der Waals surface area contributed by atoms with Gasteiger partial charge in [0.1, 0.15) is 12.4 Å². The lowest BCUT2D eigenvalue weighted by Gasteiger charge is -2.23. The van der Waals surface area contributed by atoms with E-state index < -0.39 is 0 Å². The van der Waals surface area contributed by atoms with Crippen molar-refractivity contribution in [2.75, 3.05) is 13.6 Å². The molecule has 1 saturated carbocycles. The number of rotatable bonds is 8. The van der Waals surface area contributed by atoms with Crippen molar-refractivity contribution in [1.82, 2.24) is 14.7 Å². The number of carbonyl (C=O) groups excluding carboxylic acids is 1. The average Bonchev–Trinajstić information content (AvgIpc) is 3.11. The molecule has 2 aromatic rings. The third kappa shape index (κ3) is 6.00. The van der Waals surface area contributed by atoms with E-state index in [0.717, 1.165) is 41.8 Å². The van der Waals surface area contributed by atoms with Crippen LogP contribution in [-0.4, -0.2) is 40.5 Å². The summed E-state index contributed by atoms with van der Waals surface area (Å²) in [7, 11) is 3.65. The Morgan fingerprint density at radius 2 is 1.90 bits per heavy atom. The SMILES string of the molecule is CC(C)CCN(C)C(=O)OCc1c(-c2ccc(OC3CCCCC3)cc2)cnn1C. The molecule has 1 aliphatic carbocycles. The fraction of sp³-hybridized carbons (Fsp3) is 0.583. The van der Waals surface area contributed by atoms with Gasteiger partial charge in [-0.3, -0.25) is 4.68 Å². The molecule has 164 valence electrons. The molecule has 6 nitrogen and oxygen atoms in total. The number of ether oxygens (including phenoxy) is 2. The fourth-order valence-corrected chi connectivity index (χ4v) is 3.75. The second kappa shape index (κ2) is 10.5. The van der Waals surface area contributed by atoms with Crippen LogP contribution < -0.4 is 4.74 Å². The van der Waals surface area contributed by atoms with Gasteiger partial charge in [-0.25, -0.2) is 4.79 Å². The Bertz CT molecular complexity index is 808. The van der Waals surface area contributed by atoms with Crippen molar-refractivity contribution in [2.24, 2.45) is 13.0 Å². The zero-order valence-electron chi connectivity index (χ0n) is 18.8. The van der Waals surface area contributed by atoms with Crippen LogP contribution in [0.25, 0.3) is 11.1 Å². The maximum absolute atomic E-state index is 12.3. The largest absolute Gasteiger partial charge is 0.490 e. The van der Waals surface area contributed by atoms with Crippen LogP contribution in [-0.2, 0) is 18.4 Å². The van der Waals surface area contributed by atoms with Crippen molar-refractivity contribution in [3.63, 3.8) is 0 Å². The topological polar surface area (TPSA) is 56.6 Å². The third-order valence-electron chi connectivity index (χ3n) is 5.77. The Morgan fingerprint density at radius 3 is 2.57 bits per heavy atom. The molecule has 1 aliphatic rings. The molecule has 1 fully saturated rings. The van der Waals surface area contributed by atoms with Gasteiger partial charge >= 0.3 is 6.09 Å². The molecule has 0 N–H and O–H groups in total. The van der Waals surface area contributed by atoms with Gasteiger partial charge in [0.2, 0.25) is 0 Å². The molecule has 1 heterocycles. The summed E-state index contributed by atoms with van der Waals surface area (Å²) in [5, 5.41) is 4.37. The molecule has 0 unspecified atom stereocenters. The molecule has 1 aromatic carbocycles. The van der Waals surface area contributed by atoms with E-state index in [-0.39, 0.29) is 12.7 Å². The Balaban J connectivity index is 1.61. The van der Waals surface area contributed by atoms with Crippen molar-refractivity contribution in [1.29, 1.82) is 0 Å². The van der Waals surface area contributed by atoms with E-state index in [1.165, 1.54) is 19.3 Å². The van der Waals surface area contributed by atoms with E-state index in [1.54, 1.807) is 16.6 Å². The average molecular weight is 414 g/mol. The lowest BCUT2D eigenvalue weighted by Crippen LogP contribution is -2.29. The molecule has 0 bridgehead atoms. The third-order valence-corrected chi connectivity index (χ3v) is 5.77. The summed E-state index contributed by atoms with van der Waals surface area (Å²) in [6.07, 6.45) is 8.93. The zero-order valence-corrected chi connectivity index (χ0v) is 18.8. The zero-order chi connectivity index (χ0) is 21.5. The van der Waals surface area contributed by atoms with Crippen LogP contribution >= 0.6 is 0 Å². The summed E-state index contributed by atoms with van der Waals surface area (Å²) in [6, 6.07) is 8.14. The number of aromatic nitrogens is 2. The van der Waals surface area contributed by atoms with Crippen molar-refractivity contribution in [3.8, 4) is 16.9 Å². The highest BCUT2D eigenvalue weighted by molar-refractivity contribution is 5.69. The number of amides is 1. The Morgan fingerprint density at radius 1 is 1.20 bits per heavy atom. The first-order chi connectivity index (χ1) is 14.4. The molecule has 1 amide bonds. The lowest BCUT2D eigenvalue weighted by atomic mass is 9.98. The van der Waals surface area contributed by atoms with E-state index in [1.807, 2.05) is 25.4 Å². The molecular formula is C24H35N3O3. The van der Waals surface area contributed by atoms with Crippen LogP contribution in [0.15, 0.2) is 30.5 Å². The second-order valence-electron chi connectivity index (χ2n) is 8.69. The fourth-order valence-electron chi connectivity index (χ4n) is 3.75. The van der Waals surface area contributed by atoms with E-state index in [2.05, 4.69) is 31.1 Å². The van der Waals surface area contributed by atoms with Gasteiger partial charge < -0.3 is 14.4 Å². The van der Waals surface area contributed by atoms with Crippen molar-refractivity contribution >= 4 is 6.09 Å². The van der Waals surface area contributed by atoms with Gasteiger partial charge in [-0.1, -0.05) is 32.4 Å². The van der Waals surface area contributed by atoms with E-state index in [0.29, 0.717) is 18.6 Å². The monoisotopic (exact) mass is 413 g/mol. The van der Waals surface area contributed by atoms with Gasteiger partial charge in [-0.15, -0.1) is 0 Å². The minimum absolute atomic E-state index is 0.191. The predicted molar refractivity (Wildman–Crippen MR) is 118 cm³/mol. The second-order valence-corrected chi connectivity index (χ2v) is 8.69. The van der Waals surface area contributed by atoms with Gasteiger partial charge in [0, 0.05) is 26.2 Å². The smallest absolute Gasteiger partial charge is 0.409 e. The highest BCUT2D eigenvalue weighted by Gasteiger charge is 2.17. The van der Waals surface area contributed by atoms with Crippen LogP contribution in [0.2, 0.25) is 0 Å². The molecular weight excluding hydrogens is 378 g/mol. The van der Waals surface area contributed by atoms with Crippen molar-refractivity contribution < 1.29 is 14.3 Å². The summed E-state index contributed by atoms with van der Waals surface area (Å²) in [4.78, 5) is 13.9. The highest BCUT2D eigenvalue weighted by Crippen LogP contribution is 2.28. The lowest BCUT2D eigenvalue weighted by molar-refractivity contribution is 0.101. The summed E-state index contributed by atoms with van der Waals surface area (Å²) >= 11 is 0. The number of benzene rings is 1. The van der Waals surface area contributed by atoms with E-state index >= 15 is 0 Å². The first-order valence-corrected chi connectivity index (χ1v) is 11.1.